The minimum atomic E-state index is -3.89. The normalized spacial score (nSPS) is 18.1. The Labute approximate surface area is 115 Å². The number of carboxylic acids is 1. The van der Waals surface area contributed by atoms with Crippen molar-refractivity contribution >= 4 is 15.8 Å². The Kier molecular flexibility index (Phi) is 3.58. The second kappa shape index (κ2) is 4.80. The van der Waals surface area contributed by atoms with Crippen LogP contribution in [0.25, 0.3) is 0 Å². The summed E-state index contributed by atoms with van der Waals surface area (Å²) in [6.07, 6.45) is 2.07. The molecule has 0 saturated heterocycles. The molecule has 0 aromatic heterocycles. The number of sulfone groups is 1. The van der Waals surface area contributed by atoms with Crippen molar-refractivity contribution in [3.63, 3.8) is 0 Å². The van der Waals surface area contributed by atoms with Gasteiger partial charge in [0, 0.05) is 11.8 Å². The van der Waals surface area contributed by atoms with Crippen molar-refractivity contribution < 1.29 is 27.1 Å². The van der Waals surface area contributed by atoms with Crippen LogP contribution in [-0.2, 0) is 20.0 Å². The molecule has 1 aliphatic carbocycles. The van der Waals surface area contributed by atoms with Crippen molar-refractivity contribution in [3.05, 3.63) is 29.3 Å². The molecule has 0 aliphatic heterocycles. The molecule has 0 bridgehead atoms. The molecule has 0 amide bonds. The van der Waals surface area contributed by atoms with Crippen molar-refractivity contribution in [2.75, 3.05) is 6.26 Å². The fourth-order valence-electron chi connectivity index (χ4n) is 2.81. The smallest absolute Gasteiger partial charge is 0.314 e. The third kappa shape index (κ3) is 2.19. The van der Waals surface area contributed by atoms with Gasteiger partial charge in [-0.1, -0.05) is 12.8 Å². The van der Waals surface area contributed by atoms with E-state index in [4.69, 9.17) is 0 Å². The highest BCUT2D eigenvalue weighted by atomic mass is 32.2. The van der Waals surface area contributed by atoms with Crippen LogP contribution in [0, 0.1) is 11.6 Å². The molecule has 1 aromatic carbocycles. The molecular formula is C13H14F2O4S. The van der Waals surface area contributed by atoms with Crippen LogP contribution in [0.3, 0.4) is 0 Å². The van der Waals surface area contributed by atoms with Gasteiger partial charge in [0.2, 0.25) is 0 Å². The molecule has 4 nitrogen and oxygen atoms in total. The van der Waals surface area contributed by atoms with Crippen LogP contribution in [0.4, 0.5) is 8.78 Å². The molecule has 1 fully saturated rings. The second-order valence-corrected chi connectivity index (χ2v) is 7.09. The van der Waals surface area contributed by atoms with Crippen molar-refractivity contribution in [2.24, 2.45) is 0 Å². The first-order chi connectivity index (χ1) is 9.20. The molecule has 7 heteroatoms. The average Bonchev–Trinajstić information content (AvgIpc) is 2.77. The molecular weight excluding hydrogens is 290 g/mol. The summed E-state index contributed by atoms with van der Waals surface area (Å²) in [5, 5.41) is 9.38. The summed E-state index contributed by atoms with van der Waals surface area (Å²) in [7, 11) is -3.89. The number of aliphatic carboxylic acids is 1. The largest absolute Gasteiger partial charge is 0.481 e. The maximum Gasteiger partial charge on any atom is 0.314 e. The summed E-state index contributed by atoms with van der Waals surface area (Å²) in [4.78, 5) is 10.8. The van der Waals surface area contributed by atoms with E-state index in [1.807, 2.05) is 0 Å². The molecule has 0 heterocycles. The zero-order chi connectivity index (χ0) is 15.1. The predicted molar refractivity (Wildman–Crippen MR) is 67.2 cm³/mol. The standard InChI is InChI=1S/C13H14F2O4S/c1-20(18,19)9-5-4-8(14)10(11(9)15)13(12(16)17)6-2-3-7-13/h4-5H,2-3,6-7H2,1H3,(H,16,17). The molecule has 1 aliphatic rings. The van der Waals surface area contributed by atoms with E-state index >= 15 is 0 Å². The Morgan fingerprint density at radius 3 is 2.25 bits per heavy atom. The molecule has 0 radical (unpaired) electrons. The third-order valence-electron chi connectivity index (χ3n) is 3.80. The zero-order valence-corrected chi connectivity index (χ0v) is 11.6. The number of carbonyl (C=O) groups is 1. The summed E-state index contributed by atoms with van der Waals surface area (Å²) in [5.74, 6) is -3.62. The molecule has 2 rings (SSSR count). The summed E-state index contributed by atoms with van der Waals surface area (Å²) < 4.78 is 51.4. The van der Waals surface area contributed by atoms with Crippen LogP contribution in [0.15, 0.2) is 17.0 Å². The van der Waals surface area contributed by atoms with Gasteiger partial charge in [0.1, 0.15) is 16.5 Å². The number of halogens is 2. The maximum absolute atomic E-state index is 14.4. The van der Waals surface area contributed by atoms with E-state index in [9.17, 15) is 27.1 Å². The van der Waals surface area contributed by atoms with Gasteiger partial charge in [-0.25, -0.2) is 17.2 Å². The van der Waals surface area contributed by atoms with E-state index in [2.05, 4.69) is 0 Å². The lowest BCUT2D eigenvalue weighted by molar-refractivity contribution is -0.143. The molecule has 0 atom stereocenters. The summed E-state index contributed by atoms with van der Waals surface area (Å²) in [6.45, 7) is 0. The van der Waals surface area contributed by atoms with Crippen LogP contribution in [0.5, 0.6) is 0 Å². The Bertz CT molecular complexity index is 661. The van der Waals surface area contributed by atoms with Crippen LogP contribution in [0.2, 0.25) is 0 Å². The fraction of sp³-hybridized carbons (Fsp3) is 0.462. The van der Waals surface area contributed by atoms with Crippen molar-refractivity contribution in [1.82, 2.24) is 0 Å². The van der Waals surface area contributed by atoms with Crippen LogP contribution in [-0.4, -0.2) is 25.7 Å². The van der Waals surface area contributed by atoms with Gasteiger partial charge in [-0.15, -0.1) is 0 Å². The molecule has 0 spiro atoms. The van der Waals surface area contributed by atoms with E-state index in [-0.39, 0.29) is 12.8 Å². The average molecular weight is 304 g/mol. The second-order valence-electron chi connectivity index (χ2n) is 5.10. The number of rotatable bonds is 3. The summed E-state index contributed by atoms with van der Waals surface area (Å²) in [5.41, 5.74) is -2.31. The van der Waals surface area contributed by atoms with E-state index in [1.54, 1.807) is 0 Å². The SMILES string of the molecule is CS(=O)(=O)c1ccc(F)c(C2(C(=O)O)CCCC2)c1F. The quantitative estimate of drug-likeness (QED) is 0.870. The Balaban J connectivity index is 2.77. The first-order valence-corrected chi connectivity index (χ1v) is 8.01. The summed E-state index contributed by atoms with van der Waals surface area (Å²) >= 11 is 0. The number of carboxylic acid groups (broad SMARTS) is 1. The molecule has 20 heavy (non-hydrogen) atoms. The minimum Gasteiger partial charge on any atom is -0.481 e. The molecule has 1 N–H and O–H groups in total. The number of benzene rings is 1. The van der Waals surface area contributed by atoms with Crippen molar-refractivity contribution in [3.8, 4) is 0 Å². The predicted octanol–water partition coefficient (Wildman–Crippen LogP) is 2.26. The van der Waals surface area contributed by atoms with Crippen LogP contribution < -0.4 is 0 Å². The van der Waals surface area contributed by atoms with Crippen molar-refractivity contribution in [1.29, 1.82) is 0 Å². The van der Waals surface area contributed by atoms with Gasteiger partial charge < -0.3 is 5.11 Å². The lowest BCUT2D eigenvalue weighted by Crippen LogP contribution is -2.35. The molecule has 0 unspecified atom stereocenters. The highest BCUT2D eigenvalue weighted by Gasteiger charge is 2.47. The lowest BCUT2D eigenvalue weighted by atomic mass is 9.78. The van der Waals surface area contributed by atoms with Gasteiger partial charge in [0.25, 0.3) is 0 Å². The van der Waals surface area contributed by atoms with Crippen molar-refractivity contribution in [2.45, 2.75) is 36.0 Å². The Hall–Kier alpha value is -1.50. The topological polar surface area (TPSA) is 71.4 Å². The highest BCUT2D eigenvalue weighted by Crippen LogP contribution is 2.44. The van der Waals surface area contributed by atoms with Gasteiger partial charge in [0.05, 0.1) is 5.41 Å². The third-order valence-corrected chi connectivity index (χ3v) is 4.91. The zero-order valence-electron chi connectivity index (χ0n) is 10.8. The minimum absolute atomic E-state index is 0.101. The van der Waals surface area contributed by atoms with Gasteiger partial charge in [-0.2, -0.15) is 0 Å². The van der Waals surface area contributed by atoms with Gasteiger partial charge >= 0.3 is 5.97 Å². The Morgan fingerprint density at radius 2 is 1.80 bits per heavy atom. The highest BCUT2D eigenvalue weighted by molar-refractivity contribution is 7.90. The first kappa shape index (κ1) is 14.9. The fourth-order valence-corrected chi connectivity index (χ4v) is 3.55. The molecule has 1 saturated carbocycles. The van der Waals surface area contributed by atoms with E-state index < -0.39 is 43.3 Å². The summed E-state index contributed by atoms with van der Waals surface area (Å²) in [6, 6.07) is 1.64. The van der Waals surface area contributed by atoms with E-state index in [1.165, 1.54) is 0 Å². The number of hydrogen-bond donors (Lipinski definition) is 1. The lowest BCUT2D eigenvalue weighted by Gasteiger charge is -2.26. The first-order valence-electron chi connectivity index (χ1n) is 6.12. The Morgan fingerprint density at radius 1 is 1.25 bits per heavy atom. The molecule has 1 aromatic rings. The van der Waals surface area contributed by atoms with Crippen LogP contribution >= 0.6 is 0 Å². The van der Waals surface area contributed by atoms with Gasteiger partial charge in [0.15, 0.2) is 9.84 Å². The van der Waals surface area contributed by atoms with E-state index in [0.717, 1.165) is 18.4 Å². The van der Waals surface area contributed by atoms with E-state index in [0.29, 0.717) is 12.8 Å². The monoisotopic (exact) mass is 304 g/mol. The molecule has 110 valence electrons. The van der Waals surface area contributed by atoms with Crippen LogP contribution in [0.1, 0.15) is 31.2 Å². The number of hydrogen-bond acceptors (Lipinski definition) is 3. The van der Waals surface area contributed by atoms with Gasteiger partial charge in [-0.05, 0) is 25.0 Å². The maximum atomic E-state index is 14.4. The van der Waals surface area contributed by atoms with Gasteiger partial charge in [-0.3, -0.25) is 4.79 Å².